The lowest BCUT2D eigenvalue weighted by atomic mass is 9.91. The first kappa shape index (κ1) is 80.2. The van der Waals surface area contributed by atoms with E-state index in [2.05, 4.69) is 21.3 Å². The normalized spacial score (nSPS) is 26.6. The van der Waals surface area contributed by atoms with Crippen molar-refractivity contribution in [2.75, 3.05) is 55.9 Å². The molecule has 0 saturated carbocycles. The lowest BCUT2D eigenvalue weighted by Gasteiger charge is -2.41. The predicted molar refractivity (Wildman–Crippen MR) is 336 cm³/mol. The molecule has 0 radical (unpaired) electrons. The van der Waals surface area contributed by atoms with Crippen molar-refractivity contribution in [2.45, 2.75) is 223 Å². The minimum atomic E-state index is -1.61. The topological polar surface area (TPSA) is 279 Å². The monoisotopic (exact) mass is 1240 g/mol. The van der Waals surface area contributed by atoms with E-state index in [9.17, 15) is 48.3 Å². The third kappa shape index (κ3) is 22.4. The first-order chi connectivity index (χ1) is 39.2. The van der Waals surface area contributed by atoms with Crippen LogP contribution in [0.15, 0.2) is 12.2 Å². The molecule has 1 aliphatic heterocycles. The maximum Gasteiger partial charge on any atom is 0.246 e. The van der Waals surface area contributed by atoms with Crippen molar-refractivity contribution in [1.82, 2.24) is 55.6 Å². The molecule has 0 aromatic carbocycles. The zero-order valence-corrected chi connectivity index (χ0v) is 57.3. The molecule has 5 N–H and O–H groups in total. The molecule has 1 saturated heterocycles. The molecule has 0 spiro atoms. The second-order valence-electron chi connectivity index (χ2n) is 26.1. The van der Waals surface area contributed by atoms with Crippen LogP contribution in [0.25, 0.3) is 0 Å². The van der Waals surface area contributed by atoms with Crippen molar-refractivity contribution in [2.24, 2.45) is 41.4 Å². The number of allylic oxidation sites excluding steroid dienone is 2. The second-order valence-corrected chi connectivity index (χ2v) is 26.1. The smallest absolute Gasteiger partial charge is 0.246 e. The Morgan fingerprint density at radius 1 is 0.465 bits per heavy atom. The van der Waals surface area contributed by atoms with E-state index in [4.69, 9.17) is 0 Å². The average Bonchev–Trinajstić information content (AvgIpc) is 3.35. The van der Waals surface area contributed by atoms with Crippen LogP contribution in [0.3, 0.4) is 0 Å². The number of aliphatic hydroxyl groups is 1. The first-order valence-corrected chi connectivity index (χ1v) is 30.6. The number of carbonyl (C=O) groups excluding carboxylic acids is 11. The fraction of sp³-hybridized carbons (Fsp3) is 0.790. The Balaban J connectivity index is 0.0000722. The zero-order chi connectivity index (χ0) is 66.0. The third-order valence-electron chi connectivity index (χ3n) is 16.1. The molecule has 12 atom stereocenters. The van der Waals surface area contributed by atoms with Gasteiger partial charge in [0.15, 0.2) is 0 Å². The summed E-state index contributed by atoms with van der Waals surface area (Å²) < 4.78 is 0. The van der Waals surface area contributed by atoms with Gasteiger partial charge in [-0.25, -0.2) is 0 Å². The maximum atomic E-state index is 15.1. The van der Waals surface area contributed by atoms with Crippen molar-refractivity contribution < 1.29 is 57.8 Å². The van der Waals surface area contributed by atoms with E-state index >= 15 is 9.59 Å². The Morgan fingerprint density at radius 2 is 0.872 bits per heavy atom. The van der Waals surface area contributed by atoms with Crippen molar-refractivity contribution in [3.8, 4) is 0 Å². The predicted octanol–water partition coefficient (Wildman–Crippen LogP) is 3.69. The minimum Gasteiger partial charge on any atom is -0.390 e. The Labute approximate surface area is 521 Å². The maximum absolute atomic E-state index is 15.1. The summed E-state index contributed by atoms with van der Waals surface area (Å²) in [7, 11) is 9.92. The van der Waals surface area contributed by atoms with E-state index < -0.39 is 156 Å². The Kier molecular flexibility index (Phi) is 34.0. The van der Waals surface area contributed by atoms with Gasteiger partial charge in [-0.2, -0.15) is 0 Å². The molecule has 0 aromatic heterocycles. The molecule has 1 heterocycles. The van der Waals surface area contributed by atoms with Crippen molar-refractivity contribution in [3.05, 3.63) is 12.2 Å². The van der Waals surface area contributed by atoms with E-state index in [0.29, 0.717) is 6.42 Å². The molecule has 11 amide bonds. The van der Waals surface area contributed by atoms with Crippen molar-refractivity contribution in [1.29, 1.82) is 0 Å². The van der Waals surface area contributed by atoms with Gasteiger partial charge in [0.05, 0.1) is 12.6 Å². The molecule has 1 rings (SSSR count). The fourth-order valence-corrected chi connectivity index (χ4v) is 10.7. The summed E-state index contributed by atoms with van der Waals surface area (Å²) in [5.41, 5.74) is 0. The number of halogens is 1. The Bertz CT molecular complexity index is 2330. The Morgan fingerprint density at radius 3 is 1.31 bits per heavy atom. The summed E-state index contributed by atoms with van der Waals surface area (Å²) in [6.07, 6.45) is 3.04. The molecule has 0 aromatic rings. The van der Waals surface area contributed by atoms with Crippen LogP contribution in [0.2, 0.25) is 0 Å². The van der Waals surface area contributed by atoms with Crippen molar-refractivity contribution in [3.63, 3.8) is 0 Å². The lowest BCUT2D eigenvalue weighted by Crippen LogP contribution is -2.63. The number of nitrogens with one attached hydrogen (secondary N) is 4. The summed E-state index contributed by atoms with van der Waals surface area (Å²) in [6, 6.07) is -12.3. The highest BCUT2D eigenvalue weighted by molar-refractivity contribution is 5.99. The standard InChI is InChI=1S/C62H111N11O12.ClH/c1-25-27-28-40(15)52(75)51-56(79)65-43(26-2)58(81)67(18)33-48(74)68(19)44(29-34(3)4)55(78)66-49(38(11)12)61(84)69(20)45(30-35(5)6)54(77)63-41(16)53(76)64-42(17)57(80)70(21)46(31-36(7)8)59(82)71(22)47(32-37(9)10)60(83)72(23)50(39(13)14)62(85)73(51)24;/h25,27,34-47,49-52,75H,26,28-33H2,1-24H3,(H,63,77)(H,64,76)(H,65,79)(H,66,78);1H/t40-,41+,42-,43+,44+,45+,46+,47+,49+,50+,51+,52-;/m1./s1. The highest BCUT2D eigenvalue weighted by atomic mass is 35.5. The number of rotatable bonds is 15. The van der Waals surface area contributed by atoms with Crippen LogP contribution in [0.4, 0.5) is 0 Å². The van der Waals surface area contributed by atoms with Gasteiger partial charge in [-0.3, -0.25) is 52.7 Å². The van der Waals surface area contributed by atoms with Crippen LogP contribution in [0, 0.1) is 41.4 Å². The SMILES string of the molecule is CC=CC[C@@H](C)[C@@H](O)[C@H]1C(=O)N[C@@H](CC)C(=O)N(C)CC(=O)N(C)[C@@H](CC(C)C)C(=O)N[C@@H](C(C)C)C(=O)N(C)[C@@H](CC(C)C)C(=O)N[C@@H](C)C(=O)N[C@H](C)C(=O)N(C)[C@@H](CC(C)C)C(=O)N(C)[C@@H](CC(C)C)C(=O)N(C)[C@@H](C(C)C)C(=O)N1C.Cl. The van der Waals surface area contributed by atoms with E-state index in [-0.39, 0.29) is 68.2 Å². The van der Waals surface area contributed by atoms with Gasteiger partial charge >= 0.3 is 0 Å². The van der Waals surface area contributed by atoms with Gasteiger partial charge in [0.1, 0.15) is 60.4 Å². The third-order valence-corrected chi connectivity index (χ3v) is 16.1. The van der Waals surface area contributed by atoms with Gasteiger partial charge in [-0.1, -0.05) is 109 Å². The number of aliphatic hydroxyl groups excluding tert-OH is 1. The molecule has 494 valence electrons. The molecule has 0 aliphatic carbocycles. The van der Waals surface area contributed by atoms with E-state index in [1.54, 1.807) is 54.5 Å². The highest BCUT2D eigenvalue weighted by Gasteiger charge is 2.45. The number of nitrogens with zero attached hydrogens (tertiary/aromatic N) is 7. The summed E-state index contributed by atoms with van der Waals surface area (Å²) in [5, 5.41) is 23.1. The molecule has 86 heavy (non-hydrogen) atoms. The van der Waals surface area contributed by atoms with Gasteiger partial charge in [0.2, 0.25) is 65.0 Å². The zero-order valence-electron chi connectivity index (χ0n) is 56.5. The molecule has 23 nitrogen and oxygen atoms in total. The number of hydrogen-bond donors (Lipinski definition) is 5. The average molecular weight is 1240 g/mol. The molecule has 1 fully saturated rings. The molecule has 1 aliphatic rings. The van der Waals surface area contributed by atoms with Crippen LogP contribution in [0.1, 0.15) is 156 Å². The summed E-state index contributed by atoms with van der Waals surface area (Å²) >= 11 is 0. The molecule has 0 bridgehead atoms. The summed E-state index contributed by atoms with van der Waals surface area (Å²) in [4.78, 5) is 169. The van der Waals surface area contributed by atoms with Crippen molar-refractivity contribution >= 4 is 77.4 Å². The van der Waals surface area contributed by atoms with Gasteiger partial charge in [0, 0.05) is 49.3 Å². The largest absolute Gasteiger partial charge is 0.390 e. The minimum absolute atomic E-state index is 0. The number of amides is 11. The highest BCUT2D eigenvalue weighted by Crippen LogP contribution is 2.26. The van der Waals surface area contributed by atoms with Gasteiger partial charge < -0.3 is 60.7 Å². The lowest BCUT2D eigenvalue weighted by molar-refractivity contribution is -0.157. The number of carbonyl (C=O) groups is 11. The van der Waals surface area contributed by atoms with Crippen LogP contribution < -0.4 is 21.3 Å². The van der Waals surface area contributed by atoms with Gasteiger partial charge in [-0.15, -0.1) is 12.4 Å². The molecule has 0 unspecified atom stereocenters. The van der Waals surface area contributed by atoms with Crippen LogP contribution in [0.5, 0.6) is 0 Å². The van der Waals surface area contributed by atoms with E-state index in [1.165, 1.54) is 87.7 Å². The summed E-state index contributed by atoms with van der Waals surface area (Å²) in [5.74, 6) is -9.71. The first-order valence-electron chi connectivity index (χ1n) is 30.6. The number of likely N-dealkylation sites (N-methyl/N-ethyl adjacent to an activating group) is 7. The fourth-order valence-electron chi connectivity index (χ4n) is 10.7. The van der Waals surface area contributed by atoms with Crippen LogP contribution >= 0.6 is 12.4 Å². The van der Waals surface area contributed by atoms with Gasteiger partial charge in [-0.05, 0) is 101 Å². The van der Waals surface area contributed by atoms with Crippen LogP contribution in [-0.2, 0) is 52.7 Å². The second kappa shape index (κ2) is 36.5. The number of hydrogen-bond acceptors (Lipinski definition) is 12. The molecule has 24 heteroatoms. The summed E-state index contributed by atoms with van der Waals surface area (Å²) in [6.45, 7) is 29.3. The van der Waals surface area contributed by atoms with E-state index in [1.807, 2.05) is 61.5 Å². The molecular formula is C62H112ClN11O12. The van der Waals surface area contributed by atoms with Crippen LogP contribution in [-0.4, -0.2) is 227 Å². The quantitative estimate of drug-likeness (QED) is 0.147. The molecular weight excluding hydrogens is 1130 g/mol. The van der Waals surface area contributed by atoms with Gasteiger partial charge in [0.25, 0.3) is 0 Å². The van der Waals surface area contributed by atoms with E-state index in [0.717, 1.165) is 9.80 Å². The Hall–Kier alpha value is -5.84.